The number of quaternary nitrogens is 1. The predicted octanol–water partition coefficient (Wildman–Crippen LogP) is 15.4. The van der Waals surface area contributed by atoms with Gasteiger partial charge in [0, 0.05) is 19.3 Å². The average molecular weight is 933 g/mol. The average Bonchev–Trinajstić information content (AvgIpc) is 3.28. The number of carboxylic acids is 1. The molecule has 8 nitrogen and oxygen atoms in total. The summed E-state index contributed by atoms with van der Waals surface area (Å²) < 4.78 is 17.3. The highest BCUT2D eigenvalue weighted by atomic mass is 16.6. The summed E-state index contributed by atoms with van der Waals surface area (Å²) in [4.78, 5) is 37.1. The lowest BCUT2D eigenvalue weighted by molar-refractivity contribution is -0.889. The van der Waals surface area contributed by atoms with E-state index in [1.165, 1.54) is 205 Å². The molecule has 0 saturated heterocycles. The zero-order valence-corrected chi connectivity index (χ0v) is 44.4. The number of ether oxygens (including phenoxy) is 3. The van der Waals surface area contributed by atoms with Crippen molar-refractivity contribution in [3.8, 4) is 0 Å². The molecule has 66 heavy (non-hydrogen) atoms. The van der Waals surface area contributed by atoms with Gasteiger partial charge in [-0.3, -0.25) is 9.59 Å². The van der Waals surface area contributed by atoms with E-state index in [1.54, 1.807) is 0 Å². The first-order valence-electron chi connectivity index (χ1n) is 28.4. The number of hydrogen-bond donors (Lipinski definition) is 0. The second kappa shape index (κ2) is 49.2. The highest BCUT2D eigenvalue weighted by molar-refractivity contribution is 5.70. The first-order valence-corrected chi connectivity index (χ1v) is 28.4. The summed E-state index contributed by atoms with van der Waals surface area (Å²) in [7, 11) is 5.43. The van der Waals surface area contributed by atoms with Crippen LogP contribution in [0.25, 0.3) is 0 Å². The predicted molar refractivity (Wildman–Crippen MR) is 277 cm³/mol. The number of carbonyl (C=O) groups excluding carboxylic acids is 3. The van der Waals surface area contributed by atoms with Crippen LogP contribution in [0.3, 0.4) is 0 Å². The van der Waals surface area contributed by atoms with Crippen LogP contribution >= 0.6 is 0 Å². The molecular formula is C58H109NO7. The molecule has 0 spiro atoms. The Labute approximate surface area is 409 Å². The highest BCUT2D eigenvalue weighted by Crippen LogP contribution is 2.17. The smallest absolute Gasteiger partial charge is 0.306 e. The summed E-state index contributed by atoms with van der Waals surface area (Å²) in [5, 5.41) is 11.7. The summed E-state index contributed by atoms with van der Waals surface area (Å²) in [6.07, 6.45) is 57.9. The number of esters is 2. The molecule has 0 saturated carbocycles. The number of likely N-dealkylation sites (N-methyl/N-ethyl adjacent to an activating group) is 1. The zero-order chi connectivity index (χ0) is 48.4. The molecule has 2 unspecified atom stereocenters. The minimum absolute atomic E-state index is 0.0449. The molecule has 0 aromatic carbocycles. The van der Waals surface area contributed by atoms with Crippen LogP contribution in [0, 0.1) is 0 Å². The Bertz CT molecular complexity index is 1130. The van der Waals surface area contributed by atoms with Gasteiger partial charge in [0.05, 0.1) is 40.3 Å². The van der Waals surface area contributed by atoms with Gasteiger partial charge in [0.2, 0.25) is 0 Å². The van der Waals surface area contributed by atoms with E-state index in [9.17, 15) is 19.5 Å². The van der Waals surface area contributed by atoms with Crippen molar-refractivity contribution in [1.82, 2.24) is 0 Å². The van der Waals surface area contributed by atoms with Crippen LogP contribution < -0.4 is 5.11 Å². The number of carboxylic acid groups (broad SMARTS) is 1. The second-order valence-corrected chi connectivity index (χ2v) is 20.6. The summed E-state index contributed by atoms with van der Waals surface area (Å²) in [5.41, 5.74) is 0. The van der Waals surface area contributed by atoms with E-state index in [0.717, 1.165) is 38.5 Å². The van der Waals surface area contributed by atoms with Crippen molar-refractivity contribution in [2.75, 3.05) is 41.0 Å². The third kappa shape index (κ3) is 46.9. The summed E-state index contributed by atoms with van der Waals surface area (Å²) in [5.74, 6) is -1.72. The number of aliphatic carboxylic acids is 1. The quantitative estimate of drug-likeness (QED) is 0.0259. The maximum Gasteiger partial charge on any atom is 0.306 e. The Balaban J connectivity index is 4.15. The standard InChI is InChI=1S/C58H109NO7/c1-6-8-10-12-14-16-18-20-22-24-26-28-29-31-33-35-37-39-41-43-45-47-49-57(61)66-54(52-64-51-50-55(58(62)63)59(3,4)5)53-65-56(60)48-46-44-42-40-38-36-34-32-30-27-25-23-21-19-17-15-13-11-9-7-2/h17,19,21,23,54-55H,6-16,18,20,22,24-53H2,1-5H3/b19-17+,23-21+. The molecule has 0 amide bonds. The Kier molecular flexibility index (Phi) is 47.6. The number of carbonyl (C=O) groups is 3. The lowest BCUT2D eigenvalue weighted by atomic mass is 10.0. The summed E-state index contributed by atoms with van der Waals surface area (Å²) in [6, 6.07) is -0.724. The Morgan fingerprint density at radius 2 is 0.788 bits per heavy atom. The van der Waals surface area contributed by atoms with Crippen LogP contribution in [0.1, 0.15) is 277 Å². The lowest BCUT2D eigenvalue weighted by Crippen LogP contribution is -2.55. The third-order valence-corrected chi connectivity index (χ3v) is 13.1. The normalized spacial score (nSPS) is 12.9. The first kappa shape index (κ1) is 63.8. The lowest BCUT2D eigenvalue weighted by Gasteiger charge is -2.34. The van der Waals surface area contributed by atoms with Crippen molar-refractivity contribution < 1.29 is 38.2 Å². The maximum atomic E-state index is 12.8. The monoisotopic (exact) mass is 932 g/mol. The van der Waals surface area contributed by atoms with Crippen molar-refractivity contribution in [3.63, 3.8) is 0 Å². The van der Waals surface area contributed by atoms with Crippen LogP contribution in [-0.2, 0) is 28.6 Å². The van der Waals surface area contributed by atoms with Gasteiger partial charge < -0.3 is 28.6 Å². The van der Waals surface area contributed by atoms with E-state index in [0.29, 0.717) is 12.8 Å². The Morgan fingerprint density at radius 1 is 0.455 bits per heavy atom. The van der Waals surface area contributed by atoms with E-state index >= 15 is 0 Å². The summed E-state index contributed by atoms with van der Waals surface area (Å²) in [6.45, 7) is 4.70. The van der Waals surface area contributed by atoms with Gasteiger partial charge in [0.15, 0.2) is 6.10 Å². The van der Waals surface area contributed by atoms with Gasteiger partial charge in [-0.2, -0.15) is 0 Å². The van der Waals surface area contributed by atoms with E-state index in [4.69, 9.17) is 14.2 Å². The topological polar surface area (TPSA) is 102 Å². The van der Waals surface area contributed by atoms with Crippen molar-refractivity contribution in [1.29, 1.82) is 0 Å². The Morgan fingerprint density at radius 3 is 1.15 bits per heavy atom. The molecule has 0 aliphatic rings. The molecule has 0 bridgehead atoms. The van der Waals surface area contributed by atoms with Gasteiger partial charge in [-0.1, -0.05) is 244 Å². The Hall–Kier alpha value is -2.19. The highest BCUT2D eigenvalue weighted by Gasteiger charge is 2.25. The zero-order valence-electron chi connectivity index (χ0n) is 44.4. The van der Waals surface area contributed by atoms with Gasteiger partial charge in [-0.15, -0.1) is 0 Å². The molecule has 0 aliphatic heterocycles. The van der Waals surface area contributed by atoms with Crippen molar-refractivity contribution >= 4 is 17.9 Å². The van der Waals surface area contributed by atoms with Gasteiger partial charge in [-0.25, -0.2) is 0 Å². The number of allylic oxidation sites excluding steroid dienone is 4. The number of rotatable bonds is 52. The molecule has 388 valence electrons. The molecule has 0 aromatic heterocycles. The molecule has 0 rings (SSSR count). The van der Waals surface area contributed by atoms with E-state index < -0.39 is 18.1 Å². The van der Waals surface area contributed by atoms with Crippen molar-refractivity contribution in [2.45, 2.75) is 289 Å². The molecule has 0 radical (unpaired) electrons. The van der Waals surface area contributed by atoms with E-state index in [2.05, 4.69) is 38.2 Å². The molecular weight excluding hydrogens is 823 g/mol. The fraction of sp³-hybridized carbons (Fsp3) is 0.879. The number of nitrogens with zero attached hydrogens (tertiary/aromatic N) is 1. The van der Waals surface area contributed by atoms with Gasteiger partial charge >= 0.3 is 11.9 Å². The molecule has 0 fully saturated rings. The fourth-order valence-electron chi connectivity index (χ4n) is 8.71. The molecule has 0 aromatic rings. The van der Waals surface area contributed by atoms with Crippen LogP contribution in [-0.4, -0.2) is 75.5 Å². The largest absolute Gasteiger partial charge is 0.544 e. The first-order chi connectivity index (χ1) is 32.1. The van der Waals surface area contributed by atoms with E-state index in [-0.39, 0.29) is 42.7 Å². The van der Waals surface area contributed by atoms with Gasteiger partial charge in [0.25, 0.3) is 0 Å². The minimum atomic E-state index is -1.12. The SMILES string of the molecule is CCCCCC/C=C/C=C/CCCCCCCCCCCCC(=O)OCC(COCCC(C(=O)[O-])[N+](C)(C)C)OC(=O)CCCCCCCCCCCCCCCCCCCCCCCC. The summed E-state index contributed by atoms with van der Waals surface area (Å²) >= 11 is 0. The molecule has 0 heterocycles. The third-order valence-electron chi connectivity index (χ3n) is 13.1. The minimum Gasteiger partial charge on any atom is -0.544 e. The molecule has 8 heteroatoms. The van der Waals surface area contributed by atoms with Crippen LogP contribution in [0.5, 0.6) is 0 Å². The van der Waals surface area contributed by atoms with Gasteiger partial charge in [0.1, 0.15) is 12.6 Å². The van der Waals surface area contributed by atoms with Crippen LogP contribution in [0.2, 0.25) is 0 Å². The van der Waals surface area contributed by atoms with Gasteiger partial charge in [-0.05, 0) is 38.5 Å². The second-order valence-electron chi connectivity index (χ2n) is 20.6. The number of hydrogen-bond acceptors (Lipinski definition) is 7. The number of unbranched alkanes of at least 4 members (excludes halogenated alkanes) is 35. The van der Waals surface area contributed by atoms with Crippen molar-refractivity contribution in [2.24, 2.45) is 0 Å². The van der Waals surface area contributed by atoms with Crippen LogP contribution in [0.15, 0.2) is 24.3 Å². The maximum absolute atomic E-state index is 12.8. The van der Waals surface area contributed by atoms with Crippen LogP contribution in [0.4, 0.5) is 0 Å². The fourth-order valence-corrected chi connectivity index (χ4v) is 8.71. The molecule has 2 atom stereocenters. The molecule has 0 N–H and O–H groups in total. The molecule has 0 aliphatic carbocycles. The van der Waals surface area contributed by atoms with Crippen molar-refractivity contribution in [3.05, 3.63) is 24.3 Å². The van der Waals surface area contributed by atoms with E-state index in [1.807, 2.05) is 21.1 Å².